The van der Waals surface area contributed by atoms with Gasteiger partial charge in [-0.25, -0.2) is 9.79 Å². The first-order chi connectivity index (χ1) is 25.2. The molecule has 2 heterocycles. The van der Waals surface area contributed by atoms with Crippen molar-refractivity contribution < 1.29 is 28.7 Å². The van der Waals surface area contributed by atoms with Crippen molar-refractivity contribution in [2.45, 2.75) is 108 Å². The fourth-order valence-corrected chi connectivity index (χ4v) is 8.77. The Balaban J connectivity index is 1.11. The summed E-state index contributed by atoms with van der Waals surface area (Å²) >= 11 is 0. The molecule has 5 atom stereocenters. The molecule has 0 bridgehead atoms. The van der Waals surface area contributed by atoms with Crippen LogP contribution in [0.5, 0.6) is 0 Å². The predicted molar refractivity (Wildman–Crippen MR) is 195 cm³/mol. The number of hydrogen-bond acceptors (Lipinski definition) is 6. The molecular formula is C41H51N5O6. The van der Waals surface area contributed by atoms with Crippen LogP contribution in [0.15, 0.2) is 59.6 Å². The molecule has 2 saturated carbocycles. The summed E-state index contributed by atoms with van der Waals surface area (Å²) in [5.41, 5.74) is 3.80. The third kappa shape index (κ3) is 7.50. The van der Waals surface area contributed by atoms with E-state index in [1.807, 2.05) is 53.4 Å². The summed E-state index contributed by atoms with van der Waals surface area (Å²) in [5.74, 6) is -1.60. The Labute approximate surface area is 306 Å². The number of aryl methyl sites for hydroxylation is 1. The van der Waals surface area contributed by atoms with Crippen molar-refractivity contribution in [3.05, 3.63) is 71.3 Å². The van der Waals surface area contributed by atoms with Crippen LogP contribution in [0.4, 0.5) is 4.79 Å². The fraction of sp³-hybridized carbons (Fsp3) is 0.561. The van der Waals surface area contributed by atoms with Gasteiger partial charge in [-0.05, 0) is 80.9 Å². The molecular weight excluding hydrogens is 658 g/mol. The van der Waals surface area contributed by atoms with E-state index >= 15 is 0 Å². The zero-order valence-electron chi connectivity index (χ0n) is 30.4. The first-order valence-electron chi connectivity index (χ1n) is 19.3. The number of rotatable bonds is 9. The molecule has 52 heavy (non-hydrogen) atoms. The Bertz CT molecular complexity index is 1700. The van der Waals surface area contributed by atoms with Gasteiger partial charge in [-0.3, -0.25) is 24.1 Å². The van der Waals surface area contributed by atoms with Gasteiger partial charge in [0.25, 0.3) is 5.91 Å². The van der Waals surface area contributed by atoms with E-state index in [9.17, 15) is 24.0 Å². The average Bonchev–Trinajstić information content (AvgIpc) is 3.84. The number of carbonyl (C=O) groups is 5. The van der Waals surface area contributed by atoms with E-state index in [0.29, 0.717) is 19.4 Å². The van der Waals surface area contributed by atoms with Crippen molar-refractivity contribution >= 4 is 35.4 Å². The van der Waals surface area contributed by atoms with Crippen LogP contribution in [-0.4, -0.2) is 94.4 Å². The van der Waals surface area contributed by atoms with E-state index in [0.717, 1.165) is 74.6 Å². The minimum absolute atomic E-state index is 0.0112. The van der Waals surface area contributed by atoms with Gasteiger partial charge in [0.05, 0.1) is 23.7 Å². The summed E-state index contributed by atoms with van der Waals surface area (Å²) < 4.78 is 5.47. The number of aliphatic imine (C=N–C) groups is 1. The van der Waals surface area contributed by atoms with E-state index in [-0.39, 0.29) is 48.8 Å². The molecule has 5 aliphatic rings. The van der Waals surface area contributed by atoms with Crippen LogP contribution in [0.2, 0.25) is 0 Å². The van der Waals surface area contributed by atoms with Crippen molar-refractivity contribution in [3.8, 4) is 0 Å². The lowest BCUT2D eigenvalue weighted by Gasteiger charge is -2.36. The molecule has 2 aromatic carbocycles. The number of ether oxygens (including phenoxy) is 1. The van der Waals surface area contributed by atoms with Crippen molar-refractivity contribution in [2.24, 2.45) is 22.7 Å². The molecule has 2 saturated heterocycles. The number of fused-ring (bicyclic) bond motifs is 2. The first-order valence-corrected chi connectivity index (χ1v) is 19.3. The summed E-state index contributed by atoms with van der Waals surface area (Å²) in [4.78, 5) is 79.0. The van der Waals surface area contributed by atoms with Gasteiger partial charge in [-0.1, -0.05) is 73.9 Å². The van der Waals surface area contributed by atoms with Crippen LogP contribution in [0, 0.1) is 17.8 Å². The van der Waals surface area contributed by atoms with E-state index in [1.54, 1.807) is 11.8 Å². The third-order valence-electron chi connectivity index (χ3n) is 12.0. The van der Waals surface area contributed by atoms with Crippen molar-refractivity contribution in [3.63, 3.8) is 0 Å². The molecule has 7 rings (SSSR count). The van der Waals surface area contributed by atoms with Crippen LogP contribution < -0.4 is 5.32 Å². The quantitative estimate of drug-likeness (QED) is 0.395. The molecule has 5 amide bonds. The highest BCUT2D eigenvalue weighted by Gasteiger charge is 2.56. The average molecular weight is 710 g/mol. The summed E-state index contributed by atoms with van der Waals surface area (Å²) in [7, 11) is 1.52. The van der Waals surface area contributed by atoms with Gasteiger partial charge in [-0.15, -0.1) is 0 Å². The molecule has 0 unspecified atom stereocenters. The highest BCUT2D eigenvalue weighted by Crippen LogP contribution is 2.42. The van der Waals surface area contributed by atoms with E-state index in [2.05, 4.69) is 11.4 Å². The summed E-state index contributed by atoms with van der Waals surface area (Å²) in [6.07, 6.45) is 8.81. The number of nitrogens with zero attached hydrogens (tertiary/aromatic N) is 4. The standard InChI is InChI=1S/C41H51N5O6/c1-26(44(2)41(51)52-25-27-12-5-3-6-13-27)37(47)43-35(29-15-7-4-8-16-29)40(50)45-23-22-34-36(45)32(24-46(34)39(49)30-20-21-30)38(48)42-33-19-11-17-28-14-9-10-18-31(28)33/h3,5-6,9-10,12-14,18,26,29-30,32,34-36H,4,7-8,11,15-17,19-25H2,1-2H3,(H,43,47)/t26-,32-,34+,35-,36+/m0/s1. The molecule has 1 N–H and O–H groups in total. The van der Waals surface area contributed by atoms with Crippen molar-refractivity contribution in [1.29, 1.82) is 0 Å². The molecule has 11 heteroatoms. The van der Waals surface area contributed by atoms with Crippen molar-refractivity contribution in [1.82, 2.24) is 20.0 Å². The van der Waals surface area contributed by atoms with Gasteiger partial charge in [0.15, 0.2) is 0 Å². The summed E-state index contributed by atoms with van der Waals surface area (Å²) in [5, 5.41) is 3.06. The number of amides is 5. The molecule has 276 valence electrons. The van der Waals surface area contributed by atoms with Crippen LogP contribution in [0.1, 0.15) is 87.8 Å². The van der Waals surface area contributed by atoms with Gasteiger partial charge in [0, 0.05) is 26.1 Å². The Morgan fingerprint density at radius 3 is 2.37 bits per heavy atom. The van der Waals surface area contributed by atoms with E-state index < -0.39 is 36.0 Å². The molecule has 2 aromatic rings. The van der Waals surface area contributed by atoms with Crippen LogP contribution in [0.3, 0.4) is 0 Å². The maximum atomic E-state index is 14.8. The van der Waals surface area contributed by atoms with Gasteiger partial charge < -0.3 is 19.9 Å². The number of carbonyl (C=O) groups excluding carboxylic acids is 5. The number of likely N-dealkylation sites (N-methyl/N-ethyl adjacent to an activating group) is 1. The van der Waals surface area contributed by atoms with Gasteiger partial charge >= 0.3 is 6.09 Å². The largest absolute Gasteiger partial charge is 0.445 e. The molecule has 0 spiro atoms. The molecule has 0 radical (unpaired) electrons. The second kappa shape index (κ2) is 15.6. The lowest BCUT2D eigenvalue weighted by Crippen LogP contribution is -2.58. The van der Waals surface area contributed by atoms with Crippen LogP contribution in [0.25, 0.3) is 0 Å². The third-order valence-corrected chi connectivity index (χ3v) is 12.0. The first kappa shape index (κ1) is 35.8. The van der Waals surface area contributed by atoms with Crippen LogP contribution >= 0.6 is 0 Å². The fourth-order valence-electron chi connectivity index (χ4n) is 8.77. The molecule has 11 nitrogen and oxygen atoms in total. The minimum atomic E-state index is -0.893. The second-order valence-corrected chi connectivity index (χ2v) is 15.4. The maximum Gasteiger partial charge on any atom is 0.410 e. The Hall–Kier alpha value is -4.54. The smallest absolute Gasteiger partial charge is 0.410 e. The molecule has 4 fully saturated rings. The molecule has 0 aromatic heterocycles. The Kier molecular flexibility index (Phi) is 10.8. The number of benzene rings is 2. The lowest BCUT2D eigenvalue weighted by atomic mass is 9.83. The monoisotopic (exact) mass is 709 g/mol. The SMILES string of the molecule is C[C@@H](C(=O)N[C@H](C(=O)N1CC[C@@H]2[C@H]1[C@@H](C(=O)N=C1CCCc3ccccc31)CN2C(=O)C1CC1)C1CCCCC1)N(C)C(=O)OCc1ccccc1. The van der Waals surface area contributed by atoms with Crippen LogP contribution in [-0.2, 0) is 36.9 Å². The number of likely N-dealkylation sites (tertiary alicyclic amines) is 2. The Morgan fingerprint density at radius 1 is 0.885 bits per heavy atom. The zero-order chi connectivity index (χ0) is 36.4. The van der Waals surface area contributed by atoms with E-state index in [4.69, 9.17) is 9.73 Å². The van der Waals surface area contributed by atoms with Gasteiger partial charge in [0.1, 0.15) is 18.7 Å². The van der Waals surface area contributed by atoms with Gasteiger partial charge in [0.2, 0.25) is 17.7 Å². The minimum Gasteiger partial charge on any atom is -0.445 e. The lowest BCUT2D eigenvalue weighted by molar-refractivity contribution is -0.141. The summed E-state index contributed by atoms with van der Waals surface area (Å²) in [6.45, 7) is 2.35. The van der Waals surface area contributed by atoms with Gasteiger partial charge in [-0.2, -0.15) is 0 Å². The number of hydrogen-bond donors (Lipinski definition) is 1. The normalized spacial score (nSPS) is 24.8. The Morgan fingerprint density at radius 2 is 1.62 bits per heavy atom. The second-order valence-electron chi connectivity index (χ2n) is 15.4. The topological polar surface area (TPSA) is 129 Å². The molecule has 2 aliphatic heterocycles. The maximum absolute atomic E-state index is 14.8. The zero-order valence-corrected chi connectivity index (χ0v) is 30.4. The summed E-state index contributed by atoms with van der Waals surface area (Å²) in [6, 6.07) is 14.9. The van der Waals surface area contributed by atoms with Crippen molar-refractivity contribution in [2.75, 3.05) is 20.1 Å². The van der Waals surface area contributed by atoms with E-state index in [1.165, 1.54) is 17.5 Å². The highest BCUT2D eigenvalue weighted by atomic mass is 16.6. The number of nitrogens with one attached hydrogen (secondary N) is 1. The predicted octanol–water partition coefficient (Wildman–Crippen LogP) is 4.90. The molecule has 3 aliphatic carbocycles. The highest BCUT2D eigenvalue weighted by molar-refractivity contribution is 6.08.